The predicted molar refractivity (Wildman–Crippen MR) is 54.2 cm³/mol. The van der Waals surface area contributed by atoms with E-state index in [0.29, 0.717) is 5.25 Å². The fourth-order valence-corrected chi connectivity index (χ4v) is 2.89. The van der Waals surface area contributed by atoms with Gasteiger partial charge in [-0.1, -0.05) is 0 Å². The molecule has 1 fully saturated rings. The maximum atomic E-state index is 4.12. The number of aromatic nitrogens is 2. The molecule has 1 aliphatic heterocycles. The van der Waals surface area contributed by atoms with Crippen LogP contribution >= 0.6 is 27.7 Å². The molecule has 1 saturated heterocycles. The molecule has 0 saturated carbocycles. The maximum absolute atomic E-state index is 4.12. The maximum Gasteiger partial charge on any atom is 0.0772 e. The quantitative estimate of drug-likeness (QED) is 0.760. The highest BCUT2D eigenvalue weighted by molar-refractivity contribution is 9.10. The van der Waals surface area contributed by atoms with Gasteiger partial charge in [0.15, 0.2) is 0 Å². The third-order valence-corrected chi connectivity index (χ3v) is 3.74. The molecule has 1 unspecified atom stereocenters. The van der Waals surface area contributed by atoms with Crippen molar-refractivity contribution in [3.8, 4) is 0 Å². The average Bonchev–Trinajstić information content (AvgIpc) is 2.56. The Labute approximate surface area is 84.3 Å². The van der Waals surface area contributed by atoms with Gasteiger partial charge in [-0.25, -0.2) is 0 Å². The van der Waals surface area contributed by atoms with Crippen molar-refractivity contribution in [1.82, 2.24) is 10.2 Å². The molecule has 0 spiro atoms. The lowest BCUT2D eigenvalue weighted by Crippen LogP contribution is -1.94. The Morgan fingerprint density at radius 1 is 1.58 bits per heavy atom. The molecule has 2 rings (SSSR count). The minimum absolute atomic E-state index is 0.579. The van der Waals surface area contributed by atoms with Crippen molar-refractivity contribution in [2.45, 2.75) is 18.1 Å². The Balaban J connectivity index is 2.21. The van der Waals surface area contributed by atoms with Crippen LogP contribution < -0.4 is 0 Å². The second kappa shape index (κ2) is 3.75. The molecule has 12 heavy (non-hydrogen) atoms. The van der Waals surface area contributed by atoms with E-state index in [2.05, 4.69) is 32.2 Å². The summed E-state index contributed by atoms with van der Waals surface area (Å²) < 4.78 is 1.03. The second-order valence-corrected chi connectivity index (χ2v) is 5.03. The van der Waals surface area contributed by atoms with Crippen LogP contribution in [-0.2, 0) is 0 Å². The number of rotatable bonds is 1. The van der Waals surface area contributed by atoms with Gasteiger partial charge in [0.2, 0.25) is 0 Å². The van der Waals surface area contributed by atoms with Crippen molar-refractivity contribution < 1.29 is 0 Å². The van der Waals surface area contributed by atoms with Gasteiger partial charge in [-0.15, -0.1) is 0 Å². The Bertz CT molecular complexity index is 274. The van der Waals surface area contributed by atoms with Crippen LogP contribution in [0.15, 0.2) is 16.7 Å². The first-order chi connectivity index (χ1) is 5.86. The number of halogens is 1. The lowest BCUT2D eigenvalue weighted by Gasteiger charge is -2.05. The summed E-state index contributed by atoms with van der Waals surface area (Å²) in [7, 11) is 0. The number of hydrogen-bond donors (Lipinski definition) is 0. The molecule has 0 aliphatic carbocycles. The highest BCUT2D eigenvalue weighted by Gasteiger charge is 2.19. The van der Waals surface area contributed by atoms with Crippen LogP contribution in [0, 0.1) is 0 Å². The van der Waals surface area contributed by atoms with Gasteiger partial charge in [0, 0.05) is 9.72 Å². The fraction of sp³-hybridized carbons (Fsp3) is 0.500. The highest BCUT2D eigenvalue weighted by Crippen LogP contribution is 2.38. The van der Waals surface area contributed by atoms with Gasteiger partial charge in [-0.05, 0) is 40.6 Å². The topological polar surface area (TPSA) is 25.8 Å². The zero-order valence-corrected chi connectivity index (χ0v) is 8.94. The van der Waals surface area contributed by atoms with Gasteiger partial charge in [-0.2, -0.15) is 22.0 Å². The van der Waals surface area contributed by atoms with Gasteiger partial charge < -0.3 is 0 Å². The minimum Gasteiger partial charge on any atom is -0.158 e. The summed E-state index contributed by atoms with van der Waals surface area (Å²) in [6, 6.07) is 2.07. The molecule has 0 amide bonds. The molecular formula is C8H9BrN2S. The van der Waals surface area contributed by atoms with E-state index in [1.165, 1.54) is 18.6 Å². The van der Waals surface area contributed by atoms with E-state index in [1.54, 1.807) is 6.20 Å². The largest absolute Gasteiger partial charge is 0.158 e. The van der Waals surface area contributed by atoms with Gasteiger partial charge in [0.1, 0.15) is 0 Å². The van der Waals surface area contributed by atoms with Crippen molar-refractivity contribution in [1.29, 1.82) is 0 Å². The third-order valence-electron chi connectivity index (χ3n) is 1.90. The lowest BCUT2D eigenvalue weighted by molar-refractivity contribution is 0.782. The molecule has 1 aromatic rings. The molecule has 4 heteroatoms. The van der Waals surface area contributed by atoms with Crippen molar-refractivity contribution in [2.75, 3.05) is 5.75 Å². The van der Waals surface area contributed by atoms with E-state index in [4.69, 9.17) is 0 Å². The zero-order chi connectivity index (χ0) is 8.39. The van der Waals surface area contributed by atoms with Crippen LogP contribution in [0.1, 0.15) is 23.8 Å². The van der Waals surface area contributed by atoms with E-state index in [9.17, 15) is 0 Å². The van der Waals surface area contributed by atoms with E-state index in [-0.39, 0.29) is 0 Å². The normalized spacial score (nSPS) is 22.9. The van der Waals surface area contributed by atoms with Gasteiger partial charge in [0.25, 0.3) is 0 Å². The van der Waals surface area contributed by atoms with Crippen LogP contribution in [0.5, 0.6) is 0 Å². The Morgan fingerprint density at radius 3 is 3.17 bits per heavy atom. The van der Waals surface area contributed by atoms with Crippen molar-refractivity contribution in [3.63, 3.8) is 0 Å². The van der Waals surface area contributed by atoms with Crippen LogP contribution in [0.2, 0.25) is 0 Å². The molecule has 2 nitrogen and oxygen atoms in total. The summed E-state index contributed by atoms with van der Waals surface area (Å²) in [4.78, 5) is 0. The zero-order valence-electron chi connectivity index (χ0n) is 6.53. The summed E-state index contributed by atoms with van der Waals surface area (Å²) in [6.07, 6.45) is 4.28. The smallest absolute Gasteiger partial charge is 0.0772 e. The minimum atomic E-state index is 0.579. The van der Waals surface area contributed by atoms with Crippen LogP contribution in [-0.4, -0.2) is 16.0 Å². The molecule has 0 N–H and O–H groups in total. The number of thioether (sulfide) groups is 1. The summed E-state index contributed by atoms with van der Waals surface area (Å²) in [5, 5.41) is 8.62. The van der Waals surface area contributed by atoms with Crippen LogP contribution in [0.4, 0.5) is 0 Å². The fourth-order valence-electron chi connectivity index (χ4n) is 1.33. The third kappa shape index (κ3) is 1.80. The van der Waals surface area contributed by atoms with E-state index >= 15 is 0 Å². The summed E-state index contributed by atoms with van der Waals surface area (Å²) in [6.45, 7) is 0. The highest BCUT2D eigenvalue weighted by atomic mass is 79.9. The monoisotopic (exact) mass is 244 g/mol. The molecule has 1 atom stereocenters. The van der Waals surface area contributed by atoms with E-state index in [1.807, 2.05) is 11.8 Å². The Kier molecular flexibility index (Phi) is 2.66. The number of hydrogen-bond acceptors (Lipinski definition) is 3. The molecule has 0 aromatic carbocycles. The Morgan fingerprint density at radius 2 is 2.50 bits per heavy atom. The van der Waals surface area contributed by atoms with Gasteiger partial charge in [0.05, 0.1) is 11.9 Å². The number of nitrogens with zero attached hydrogens (tertiary/aromatic N) is 2. The first-order valence-corrected chi connectivity index (χ1v) is 5.80. The first-order valence-electron chi connectivity index (χ1n) is 3.96. The second-order valence-electron chi connectivity index (χ2n) is 2.80. The van der Waals surface area contributed by atoms with Crippen LogP contribution in [0.3, 0.4) is 0 Å². The van der Waals surface area contributed by atoms with Crippen molar-refractivity contribution >= 4 is 27.7 Å². The molecule has 0 radical (unpaired) electrons. The lowest BCUT2D eigenvalue weighted by atomic mass is 10.2. The predicted octanol–water partition coefficient (Wildman–Crippen LogP) is 2.81. The van der Waals surface area contributed by atoms with Gasteiger partial charge >= 0.3 is 0 Å². The summed E-state index contributed by atoms with van der Waals surface area (Å²) >= 11 is 5.38. The Hall–Kier alpha value is -0.0900. The standard InChI is InChI=1S/C8H9BrN2S/c9-6-4-7(11-10-5-6)8-2-1-3-12-8/h4-5,8H,1-3H2. The van der Waals surface area contributed by atoms with Crippen LogP contribution in [0.25, 0.3) is 0 Å². The van der Waals surface area contributed by atoms with E-state index in [0.717, 1.165) is 10.2 Å². The first kappa shape index (κ1) is 8.51. The SMILES string of the molecule is Brc1cnnc(C2CCCS2)c1. The summed E-state index contributed by atoms with van der Waals surface area (Å²) in [5.41, 5.74) is 1.12. The molecule has 1 aliphatic rings. The van der Waals surface area contributed by atoms with Gasteiger partial charge in [-0.3, -0.25) is 0 Å². The molecule has 1 aromatic heterocycles. The average molecular weight is 245 g/mol. The molecular weight excluding hydrogens is 236 g/mol. The molecule has 2 heterocycles. The van der Waals surface area contributed by atoms with Crippen molar-refractivity contribution in [2.24, 2.45) is 0 Å². The molecule has 64 valence electrons. The molecule has 0 bridgehead atoms. The van der Waals surface area contributed by atoms with Crippen molar-refractivity contribution in [3.05, 3.63) is 22.4 Å². The summed E-state index contributed by atoms with van der Waals surface area (Å²) in [5.74, 6) is 1.26. The van der Waals surface area contributed by atoms with E-state index < -0.39 is 0 Å².